The van der Waals surface area contributed by atoms with Crippen LogP contribution < -0.4 is 10.1 Å². The van der Waals surface area contributed by atoms with Crippen LogP contribution >= 0.6 is 11.3 Å². The molecule has 7 heteroatoms. The van der Waals surface area contributed by atoms with Crippen LogP contribution in [-0.4, -0.2) is 17.5 Å². The summed E-state index contributed by atoms with van der Waals surface area (Å²) in [5, 5.41) is 5.14. The van der Waals surface area contributed by atoms with Crippen molar-refractivity contribution < 1.29 is 18.3 Å². The molecule has 128 valence electrons. The van der Waals surface area contributed by atoms with Gasteiger partial charge in [-0.1, -0.05) is 42.5 Å². The number of carbonyl (C=O) groups is 1. The topological polar surface area (TPSA) is 51.2 Å². The molecule has 1 N–H and O–H groups in total. The number of aromatic nitrogens is 1. The van der Waals surface area contributed by atoms with Gasteiger partial charge in [-0.3, -0.25) is 4.79 Å². The molecule has 25 heavy (non-hydrogen) atoms. The second kappa shape index (κ2) is 7.85. The third kappa shape index (κ3) is 4.84. The molecule has 3 aromatic rings. The zero-order valence-electron chi connectivity index (χ0n) is 13.0. The number of thiazole rings is 1. The van der Waals surface area contributed by atoms with Crippen LogP contribution in [0.15, 0.2) is 60.0 Å². The minimum absolute atomic E-state index is 0.0617. The monoisotopic (exact) mass is 360 g/mol. The first kappa shape index (κ1) is 17.0. The zero-order chi connectivity index (χ0) is 17.6. The predicted octanol–water partition coefficient (Wildman–Crippen LogP) is 4.59. The Morgan fingerprint density at radius 2 is 1.84 bits per heavy atom. The average Bonchev–Trinajstić information content (AvgIpc) is 3.05. The number of amides is 1. The van der Waals surface area contributed by atoms with Crippen LogP contribution in [0.2, 0.25) is 0 Å². The first-order valence-corrected chi connectivity index (χ1v) is 8.32. The fraction of sp³-hybridized carbons (Fsp3) is 0.111. The first-order chi connectivity index (χ1) is 12.1. The van der Waals surface area contributed by atoms with Gasteiger partial charge in [0.2, 0.25) is 5.91 Å². The van der Waals surface area contributed by atoms with E-state index in [1.165, 1.54) is 23.5 Å². The van der Waals surface area contributed by atoms with Crippen LogP contribution in [0.1, 0.15) is 5.56 Å². The Balaban J connectivity index is 1.58. The van der Waals surface area contributed by atoms with E-state index in [1.54, 1.807) is 12.1 Å². The summed E-state index contributed by atoms with van der Waals surface area (Å²) < 4.78 is 28.5. The highest BCUT2D eigenvalue weighted by atomic mass is 32.1. The van der Waals surface area contributed by atoms with Crippen molar-refractivity contribution in [3.8, 4) is 17.0 Å². The van der Waals surface area contributed by atoms with E-state index in [2.05, 4.69) is 15.0 Å². The van der Waals surface area contributed by atoms with Crippen LogP contribution in [0.3, 0.4) is 0 Å². The fourth-order valence-electron chi connectivity index (χ4n) is 2.21. The molecule has 1 amide bonds. The summed E-state index contributed by atoms with van der Waals surface area (Å²) >= 11 is 1.35. The van der Waals surface area contributed by atoms with Gasteiger partial charge in [0.15, 0.2) is 5.13 Å². The Hall–Kier alpha value is -2.80. The van der Waals surface area contributed by atoms with Crippen molar-refractivity contribution in [3.63, 3.8) is 0 Å². The summed E-state index contributed by atoms with van der Waals surface area (Å²) in [7, 11) is 0. The van der Waals surface area contributed by atoms with Gasteiger partial charge in [0, 0.05) is 10.9 Å². The van der Waals surface area contributed by atoms with Gasteiger partial charge in [-0.05, 0) is 17.7 Å². The Bertz CT molecular complexity index is 836. The number of carbonyl (C=O) groups excluding carboxylic acids is 1. The van der Waals surface area contributed by atoms with Crippen molar-refractivity contribution in [1.82, 2.24) is 4.98 Å². The van der Waals surface area contributed by atoms with E-state index in [1.807, 2.05) is 35.7 Å². The lowest BCUT2D eigenvalue weighted by atomic mass is 10.1. The van der Waals surface area contributed by atoms with Gasteiger partial charge in [0.1, 0.15) is 5.75 Å². The zero-order valence-corrected chi connectivity index (χ0v) is 13.8. The summed E-state index contributed by atoms with van der Waals surface area (Å²) in [6.07, 6.45) is 0.120. The first-order valence-electron chi connectivity index (χ1n) is 7.45. The smallest absolute Gasteiger partial charge is 0.387 e. The van der Waals surface area contributed by atoms with Crippen molar-refractivity contribution in [3.05, 3.63) is 65.5 Å². The maximum Gasteiger partial charge on any atom is 0.387 e. The van der Waals surface area contributed by atoms with Gasteiger partial charge in [0.25, 0.3) is 0 Å². The largest absolute Gasteiger partial charge is 0.435 e. The number of benzene rings is 2. The number of hydrogen-bond acceptors (Lipinski definition) is 4. The van der Waals surface area contributed by atoms with Gasteiger partial charge in [-0.25, -0.2) is 4.98 Å². The van der Waals surface area contributed by atoms with Crippen LogP contribution in [0.25, 0.3) is 11.3 Å². The molecule has 0 saturated heterocycles. The molecule has 0 bridgehead atoms. The van der Waals surface area contributed by atoms with E-state index in [0.717, 1.165) is 11.3 Å². The van der Waals surface area contributed by atoms with E-state index in [-0.39, 0.29) is 18.1 Å². The van der Waals surface area contributed by atoms with Gasteiger partial charge < -0.3 is 10.1 Å². The minimum Gasteiger partial charge on any atom is -0.435 e. The molecule has 0 radical (unpaired) electrons. The van der Waals surface area contributed by atoms with E-state index >= 15 is 0 Å². The summed E-state index contributed by atoms with van der Waals surface area (Å²) in [5.74, 6) is -0.164. The normalized spacial score (nSPS) is 10.7. The SMILES string of the molecule is O=C(Cc1ccc(OC(F)F)cc1)Nc1nc(-c2ccccc2)cs1. The number of rotatable bonds is 6. The molecule has 3 rings (SSSR count). The second-order valence-corrected chi connectivity index (χ2v) is 6.01. The number of alkyl halides is 2. The van der Waals surface area contributed by atoms with E-state index in [9.17, 15) is 13.6 Å². The number of nitrogens with zero attached hydrogens (tertiary/aromatic N) is 1. The standard InChI is InChI=1S/C18H14F2N2O2S/c19-17(20)24-14-8-6-12(7-9-14)10-16(23)22-18-21-15(11-25-18)13-4-2-1-3-5-13/h1-9,11,17H,10H2,(H,21,22,23). The highest BCUT2D eigenvalue weighted by Crippen LogP contribution is 2.24. The van der Waals surface area contributed by atoms with Crippen LogP contribution in [0.5, 0.6) is 5.75 Å². The lowest BCUT2D eigenvalue weighted by molar-refractivity contribution is -0.115. The summed E-state index contributed by atoms with van der Waals surface area (Å²) in [5.41, 5.74) is 2.47. The lowest BCUT2D eigenvalue weighted by Crippen LogP contribution is -2.14. The molecule has 0 spiro atoms. The maximum absolute atomic E-state index is 12.1. The molecular weight excluding hydrogens is 346 g/mol. The molecular formula is C18H14F2N2O2S. The highest BCUT2D eigenvalue weighted by molar-refractivity contribution is 7.14. The molecule has 1 heterocycles. The molecule has 0 saturated carbocycles. The molecule has 2 aromatic carbocycles. The molecule has 0 aliphatic carbocycles. The highest BCUT2D eigenvalue weighted by Gasteiger charge is 2.09. The maximum atomic E-state index is 12.1. The van der Waals surface area contributed by atoms with E-state index in [0.29, 0.717) is 10.7 Å². The third-order valence-corrected chi connectivity index (χ3v) is 4.09. The summed E-state index contributed by atoms with van der Waals surface area (Å²) in [6, 6.07) is 15.6. The Labute approximate surface area is 147 Å². The van der Waals surface area contributed by atoms with Gasteiger partial charge in [0.05, 0.1) is 12.1 Å². The minimum atomic E-state index is -2.86. The molecule has 0 fully saturated rings. The Morgan fingerprint density at radius 1 is 1.12 bits per heavy atom. The quantitative estimate of drug-likeness (QED) is 0.699. The van der Waals surface area contributed by atoms with Crippen LogP contribution in [0, 0.1) is 0 Å². The van der Waals surface area contributed by atoms with Gasteiger partial charge >= 0.3 is 6.61 Å². The average molecular weight is 360 g/mol. The van der Waals surface area contributed by atoms with Crippen LogP contribution in [-0.2, 0) is 11.2 Å². The van der Waals surface area contributed by atoms with Gasteiger partial charge in [-0.2, -0.15) is 8.78 Å². The summed E-state index contributed by atoms with van der Waals surface area (Å²) in [4.78, 5) is 16.5. The fourth-order valence-corrected chi connectivity index (χ4v) is 2.95. The Kier molecular flexibility index (Phi) is 5.35. The van der Waals surface area contributed by atoms with Crippen molar-refractivity contribution in [2.75, 3.05) is 5.32 Å². The third-order valence-electron chi connectivity index (χ3n) is 3.33. The number of ether oxygens (including phenoxy) is 1. The van der Waals surface area contributed by atoms with Crippen LogP contribution in [0.4, 0.5) is 13.9 Å². The number of anilines is 1. The molecule has 4 nitrogen and oxygen atoms in total. The van der Waals surface area contributed by atoms with E-state index < -0.39 is 6.61 Å². The number of hydrogen-bond donors (Lipinski definition) is 1. The van der Waals surface area contributed by atoms with Gasteiger partial charge in [-0.15, -0.1) is 11.3 Å². The molecule has 0 aliphatic rings. The summed E-state index contributed by atoms with van der Waals surface area (Å²) in [6.45, 7) is -2.86. The van der Waals surface area contributed by atoms with Crippen molar-refractivity contribution >= 4 is 22.4 Å². The number of halogens is 2. The van der Waals surface area contributed by atoms with E-state index in [4.69, 9.17) is 0 Å². The Morgan fingerprint density at radius 3 is 2.52 bits per heavy atom. The molecule has 0 aliphatic heterocycles. The van der Waals surface area contributed by atoms with Crippen molar-refractivity contribution in [2.24, 2.45) is 0 Å². The second-order valence-electron chi connectivity index (χ2n) is 5.15. The molecule has 0 unspecified atom stereocenters. The molecule has 1 aromatic heterocycles. The number of nitrogens with one attached hydrogen (secondary N) is 1. The van der Waals surface area contributed by atoms with Crippen molar-refractivity contribution in [1.29, 1.82) is 0 Å². The lowest BCUT2D eigenvalue weighted by Gasteiger charge is -2.06. The van der Waals surface area contributed by atoms with Crippen molar-refractivity contribution in [2.45, 2.75) is 13.0 Å². The molecule has 0 atom stereocenters. The predicted molar refractivity (Wildman–Crippen MR) is 93.0 cm³/mol.